The van der Waals surface area contributed by atoms with E-state index in [1.165, 1.54) is 0 Å². The molecule has 4 heteroatoms. The lowest BCUT2D eigenvalue weighted by Gasteiger charge is -2.13. The van der Waals surface area contributed by atoms with Crippen LogP contribution < -0.4 is 10.5 Å². The van der Waals surface area contributed by atoms with Crippen molar-refractivity contribution in [2.45, 2.75) is 26.0 Å². The summed E-state index contributed by atoms with van der Waals surface area (Å²) in [5.41, 5.74) is 7.94. The topological polar surface area (TPSA) is 61.3 Å². The van der Waals surface area contributed by atoms with Crippen LogP contribution in [-0.2, 0) is 0 Å². The molecular weight excluding hydrogens is 216 g/mol. The molecule has 0 amide bonds. The first-order chi connectivity index (χ1) is 8.16. The van der Waals surface area contributed by atoms with Crippen molar-refractivity contribution in [3.63, 3.8) is 0 Å². The summed E-state index contributed by atoms with van der Waals surface area (Å²) in [6, 6.07) is 3.52. The molecule has 0 radical (unpaired) electrons. The first-order valence-corrected chi connectivity index (χ1v) is 5.56. The van der Waals surface area contributed by atoms with E-state index in [-0.39, 0.29) is 12.1 Å². The number of nitrogens with zero attached hydrogens (tertiary/aromatic N) is 1. The average molecular weight is 232 g/mol. The fourth-order valence-corrected chi connectivity index (χ4v) is 1.59. The molecule has 2 heterocycles. The summed E-state index contributed by atoms with van der Waals surface area (Å²) in [5, 5.41) is 0. The van der Waals surface area contributed by atoms with Crippen LogP contribution in [0.3, 0.4) is 0 Å². The van der Waals surface area contributed by atoms with Crippen LogP contribution in [0, 0.1) is 0 Å². The Bertz CT molecular complexity index is 466. The van der Waals surface area contributed by atoms with Gasteiger partial charge in [0.15, 0.2) is 0 Å². The largest absolute Gasteiger partial charge is 0.489 e. The second-order valence-electron chi connectivity index (χ2n) is 4.15. The number of ether oxygens (including phenoxy) is 1. The molecule has 0 bridgehead atoms. The maximum absolute atomic E-state index is 6.10. The number of rotatable bonds is 4. The number of hydrogen-bond donors (Lipinski definition) is 1. The van der Waals surface area contributed by atoms with E-state index in [4.69, 9.17) is 14.9 Å². The van der Waals surface area contributed by atoms with Crippen molar-refractivity contribution < 1.29 is 9.15 Å². The van der Waals surface area contributed by atoms with Gasteiger partial charge in [0.2, 0.25) is 0 Å². The van der Waals surface area contributed by atoms with Crippen molar-refractivity contribution in [1.29, 1.82) is 0 Å². The van der Waals surface area contributed by atoms with Gasteiger partial charge < -0.3 is 14.9 Å². The zero-order valence-electron chi connectivity index (χ0n) is 9.96. The first-order valence-electron chi connectivity index (χ1n) is 5.56. The Morgan fingerprint density at radius 2 is 2.12 bits per heavy atom. The highest BCUT2D eigenvalue weighted by Crippen LogP contribution is 2.22. The lowest BCUT2D eigenvalue weighted by Crippen LogP contribution is -2.12. The molecule has 17 heavy (non-hydrogen) atoms. The Kier molecular flexibility index (Phi) is 3.44. The quantitative estimate of drug-likeness (QED) is 0.879. The number of furan rings is 1. The van der Waals surface area contributed by atoms with Crippen LogP contribution >= 0.6 is 0 Å². The molecule has 0 aliphatic carbocycles. The molecule has 0 aliphatic rings. The minimum absolute atomic E-state index is 0.122. The lowest BCUT2D eigenvalue weighted by atomic mass is 10.0. The van der Waals surface area contributed by atoms with Crippen LogP contribution in [0.5, 0.6) is 5.75 Å². The van der Waals surface area contributed by atoms with Crippen LogP contribution in [0.15, 0.2) is 41.5 Å². The normalized spacial score (nSPS) is 12.7. The zero-order chi connectivity index (χ0) is 12.3. The Morgan fingerprint density at radius 1 is 1.29 bits per heavy atom. The van der Waals surface area contributed by atoms with Gasteiger partial charge in [-0.25, -0.2) is 0 Å². The minimum Gasteiger partial charge on any atom is -0.489 e. The van der Waals surface area contributed by atoms with Gasteiger partial charge in [0.05, 0.1) is 30.9 Å². The van der Waals surface area contributed by atoms with Crippen LogP contribution in [0.2, 0.25) is 0 Å². The van der Waals surface area contributed by atoms with Crippen molar-refractivity contribution in [3.05, 3.63) is 48.2 Å². The third kappa shape index (κ3) is 2.85. The summed E-state index contributed by atoms with van der Waals surface area (Å²) in [7, 11) is 0. The Labute approximate surface area is 100 Å². The Morgan fingerprint density at radius 3 is 2.76 bits per heavy atom. The predicted molar refractivity (Wildman–Crippen MR) is 64.7 cm³/mol. The number of nitrogens with two attached hydrogens (primary N) is 1. The van der Waals surface area contributed by atoms with Crippen molar-refractivity contribution in [3.8, 4) is 5.75 Å². The van der Waals surface area contributed by atoms with Crippen molar-refractivity contribution >= 4 is 0 Å². The smallest absolute Gasteiger partial charge is 0.138 e. The molecule has 1 unspecified atom stereocenters. The molecule has 0 fully saturated rings. The van der Waals surface area contributed by atoms with E-state index in [0.717, 1.165) is 16.9 Å². The van der Waals surface area contributed by atoms with E-state index in [9.17, 15) is 0 Å². The van der Waals surface area contributed by atoms with E-state index < -0.39 is 0 Å². The minimum atomic E-state index is -0.239. The summed E-state index contributed by atoms with van der Waals surface area (Å²) in [6.45, 7) is 3.95. The fourth-order valence-electron chi connectivity index (χ4n) is 1.59. The van der Waals surface area contributed by atoms with Gasteiger partial charge in [0, 0.05) is 11.8 Å². The molecule has 2 aromatic rings. The van der Waals surface area contributed by atoms with Crippen LogP contribution in [-0.4, -0.2) is 11.1 Å². The Hall–Kier alpha value is -1.81. The summed E-state index contributed by atoms with van der Waals surface area (Å²) in [5.74, 6) is 0.733. The van der Waals surface area contributed by atoms with Crippen LogP contribution in [0.4, 0.5) is 0 Å². The van der Waals surface area contributed by atoms with Crippen LogP contribution in [0.25, 0.3) is 0 Å². The van der Waals surface area contributed by atoms with E-state index >= 15 is 0 Å². The summed E-state index contributed by atoms with van der Waals surface area (Å²) < 4.78 is 10.6. The van der Waals surface area contributed by atoms with E-state index in [2.05, 4.69) is 4.98 Å². The van der Waals surface area contributed by atoms with Crippen molar-refractivity contribution in [1.82, 2.24) is 4.98 Å². The van der Waals surface area contributed by atoms with E-state index in [1.54, 1.807) is 24.9 Å². The van der Waals surface area contributed by atoms with Gasteiger partial charge >= 0.3 is 0 Å². The molecule has 2 N–H and O–H groups in total. The highest BCUT2D eigenvalue weighted by molar-refractivity contribution is 5.32. The van der Waals surface area contributed by atoms with Gasteiger partial charge in [-0.2, -0.15) is 0 Å². The number of aromatic nitrogens is 1. The molecule has 2 rings (SSSR count). The van der Waals surface area contributed by atoms with Crippen molar-refractivity contribution in [2.75, 3.05) is 0 Å². The molecular formula is C13H16N2O2. The summed E-state index contributed by atoms with van der Waals surface area (Å²) in [4.78, 5) is 4.13. The molecule has 0 aliphatic heterocycles. The third-order valence-electron chi connectivity index (χ3n) is 2.37. The van der Waals surface area contributed by atoms with Gasteiger partial charge in [0.25, 0.3) is 0 Å². The second kappa shape index (κ2) is 5.01. The Balaban J connectivity index is 2.21. The van der Waals surface area contributed by atoms with Gasteiger partial charge in [0.1, 0.15) is 5.75 Å². The summed E-state index contributed by atoms with van der Waals surface area (Å²) in [6.07, 6.45) is 6.80. The van der Waals surface area contributed by atoms with Gasteiger partial charge in [-0.05, 0) is 31.5 Å². The number of hydrogen-bond acceptors (Lipinski definition) is 4. The van der Waals surface area contributed by atoms with Crippen LogP contribution in [0.1, 0.15) is 31.0 Å². The van der Waals surface area contributed by atoms with Gasteiger partial charge in [-0.1, -0.05) is 0 Å². The summed E-state index contributed by atoms with van der Waals surface area (Å²) >= 11 is 0. The maximum Gasteiger partial charge on any atom is 0.138 e. The zero-order valence-corrected chi connectivity index (χ0v) is 9.96. The average Bonchev–Trinajstić information content (AvgIpc) is 2.81. The predicted octanol–water partition coefficient (Wildman–Crippen LogP) is 2.51. The highest BCUT2D eigenvalue weighted by Gasteiger charge is 2.11. The van der Waals surface area contributed by atoms with Crippen molar-refractivity contribution in [2.24, 2.45) is 5.73 Å². The molecule has 0 saturated carbocycles. The molecule has 2 aromatic heterocycles. The molecule has 1 atom stereocenters. The second-order valence-corrected chi connectivity index (χ2v) is 4.15. The van der Waals surface area contributed by atoms with Gasteiger partial charge in [-0.3, -0.25) is 4.98 Å². The molecule has 4 nitrogen and oxygen atoms in total. The molecule has 0 aromatic carbocycles. The highest BCUT2D eigenvalue weighted by atomic mass is 16.5. The van der Waals surface area contributed by atoms with E-state index in [0.29, 0.717) is 0 Å². The monoisotopic (exact) mass is 232 g/mol. The first kappa shape index (κ1) is 11.7. The lowest BCUT2D eigenvalue weighted by molar-refractivity contribution is 0.241. The third-order valence-corrected chi connectivity index (χ3v) is 2.37. The van der Waals surface area contributed by atoms with E-state index in [1.807, 2.05) is 26.0 Å². The molecule has 0 saturated heterocycles. The number of pyridine rings is 1. The SMILES string of the molecule is CC(C)Oc1cncc(C(N)c2ccoc2)c1. The molecule has 0 spiro atoms. The van der Waals surface area contributed by atoms with Gasteiger partial charge in [-0.15, -0.1) is 0 Å². The maximum atomic E-state index is 6.10. The standard InChI is InChI=1S/C13H16N2O2/c1-9(2)17-12-5-11(6-15-7-12)13(14)10-3-4-16-8-10/h3-9,13H,14H2,1-2H3. The molecule has 90 valence electrons. The fraction of sp³-hybridized carbons (Fsp3) is 0.308.